The highest BCUT2D eigenvalue weighted by Crippen LogP contribution is 2.04. The Labute approximate surface area is 104 Å². The summed E-state index contributed by atoms with van der Waals surface area (Å²) in [6.45, 7) is 6.44. The summed E-state index contributed by atoms with van der Waals surface area (Å²) < 4.78 is 0. The van der Waals surface area contributed by atoms with Crippen molar-refractivity contribution in [1.29, 1.82) is 0 Å². The van der Waals surface area contributed by atoms with Gasteiger partial charge in [-0.2, -0.15) is 5.10 Å². The topological polar surface area (TPSA) is 18.8 Å². The number of hydrazone groups is 1. The van der Waals surface area contributed by atoms with Crippen molar-refractivity contribution in [3.63, 3.8) is 0 Å². The molecule has 0 radical (unpaired) electrons. The van der Waals surface area contributed by atoms with E-state index in [1.54, 1.807) is 0 Å². The number of rotatable bonds is 3. The van der Waals surface area contributed by atoms with Crippen molar-refractivity contribution in [2.24, 2.45) is 5.10 Å². The average molecular weight is 231 g/mol. The van der Waals surface area contributed by atoms with Crippen molar-refractivity contribution in [2.45, 2.75) is 13.3 Å². The molecule has 1 heterocycles. The molecule has 1 saturated heterocycles. The highest BCUT2D eigenvalue weighted by molar-refractivity contribution is 5.79. The molecule has 0 atom stereocenters. The summed E-state index contributed by atoms with van der Waals surface area (Å²) in [6.07, 6.45) is 3.06. The lowest BCUT2D eigenvalue weighted by Gasteiger charge is -2.30. The van der Waals surface area contributed by atoms with Crippen LogP contribution in [0, 0.1) is 0 Å². The molecule has 2 rings (SSSR count). The SMILES string of the molecule is CCc1ccc(/C=N/N2CCN(C)CC2)cc1. The van der Waals surface area contributed by atoms with Crippen molar-refractivity contribution in [1.82, 2.24) is 9.91 Å². The first kappa shape index (κ1) is 12.1. The first-order chi connectivity index (χ1) is 8.28. The molecular weight excluding hydrogens is 210 g/mol. The summed E-state index contributed by atoms with van der Waals surface area (Å²) in [5, 5.41) is 6.67. The molecule has 1 aliphatic heterocycles. The maximum absolute atomic E-state index is 4.53. The summed E-state index contributed by atoms with van der Waals surface area (Å²) in [6, 6.07) is 8.62. The summed E-state index contributed by atoms with van der Waals surface area (Å²) >= 11 is 0. The van der Waals surface area contributed by atoms with E-state index in [2.05, 4.69) is 53.2 Å². The quantitative estimate of drug-likeness (QED) is 0.739. The van der Waals surface area contributed by atoms with Gasteiger partial charge in [-0.15, -0.1) is 0 Å². The first-order valence-electron chi connectivity index (χ1n) is 6.34. The van der Waals surface area contributed by atoms with E-state index in [0.29, 0.717) is 0 Å². The average Bonchev–Trinajstić information content (AvgIpc) is 2.39. The molecule has 0 saturated carbocycles. The number of piperazine rings is 1. The van der Waals surface area contributed by atoms with Crippen LogP contribution in [0.1, 0.15) is 18.1 Å². The van der Waals surface area contributed by atoms with Gasteiger partial charge in [-0.1, -0.05) is 31.2 Å². The van der Waals surface area contributed by atoms with Crippen molar-refractivity contribution >= 4 is 6.21 Å². The monoisotopic (exact) mass is 231 g/mol. The Balaban J connectivity index is 1.90. The van der Waals surface area contributed by atoms with Crippen LogP contribution in [0.3, 0.4) is 0 Å². The molecule has 1 aliphatic rings. The van der Waals surface area contributed by atoms with Gasteiger partial charge in [0.15, 0.2) is 0 Å². The highest BCUT2D eigenvalue weighted by atomic mass is 15.5. The van der Waals surface area contributed by atoms with Crippen LogP contribution in [-0.4, -0.2) is 49.4 Å². The van der Waals surface area contributed by atoms with E-state index in [1.807, 2.05) is 6.21 Å². The van der Waals surface area contributed by atoms with Gasteiger partial charge in [0.25, 0.3) is 0 Å². The minimum absolute atomic E-state index is 1.03. The maximum Gasteiger partial charge on any atom is 0.0542 e. The van der Waals surface area contributed by atoms with E-state index < -0.39 is 0 Å². The Morgan fingerprint density at radius 2 is 1.76 bits per heavy atom. The van der Waals surface area contributed by atoms with Gasteiger partial charge >= 0.3 is 0 Å². The van der Waals surface area contributed by atoms with Crippen LogP contribution < -0.4 is 0 Å². The normalized spacial score (nSPS) is 17.9. The van der Waals surface area contributed by atoms with E-state index in [1.165, 1.54) is 11.1 Å². The third-order valence-corrected chi connectivity index (χ3v) is 3.24. The zero-order chi connectivity index (χ0) is 12.1. The molecule has 0 unspecified atom stereocenters. The summed E-state index contributed by atoms with van der Waals surface area (Å²) in [5.74, 6) is 0. The molecule has 92 valence electrons. The second kappa shape index (κ2) is 5.82. The van der Waals surface area contributed by atoms with E-state index in [0.717, 1.165) is 32.6 Å². The Morgan fingerprint density at radius 3 is 2.35 bits per heavy atom. The molecule has 3 nitrogen and oxygen atoms in total. The molecule has 0 N–H and O–H groups in total. The number of likely N-dealkylation sites (N-methyl/N-ethyl adjacent to an activating group) is 1. The van der Waals surface area contributed by atoms with E-state index >= 15 is 0 Å². The van der Waals surface area contributed by atoms with Gasteiger partial charge in [-0.05, 0) is 24.6 Å². The fourth-order valence-corrected chi connectivity index (χ4v) is 1.90. The molecule has 0 aromatic heterocycles. The Hall–Kier alpha value is -1.35. The molecule has 0 aliphatic carbocycles. The molecule has 1 aromatic rings. The van der Waals surface area contributed by atoms with E-state index in [-0.39, 0.29) is 0 Å². The molecule has 3 heteroatoms. The molecule has 0 bridgehead atoms. The van der Waals surface area contributed by atoms with E-state index in [4.69, 9.17) is 0 Å². The molecule has 0 spiro atoms. The van der Waals surface area contributed by atoms with Crippen molar-refractivity contribution in [3.05, 3.63) is 35.4 Å². The highest BCUT2D eigenvalue weighted by Gasteiger charge is 2.10. The maximum atomic E-state index is 4.53. The zero-order valence-corrected chi connectivity index (χ0v) is 10.8. The van der Waals surface area contributed by atoms with Gasteiger partial charge < -0.3 is 4.90 Å². The minimum Gasteiger partial charge on any atom is -0.303 e. The van der Waals surface area contributed by atoms with Crippen LogP contribution in [0.4, 0.5) is 0 Å². The van der Waals surface area contributed by atoms with Gasteiger partial charge in [0.1, 0.15) is 0 Å². The predicted molar refractivity (Wildman–Crippen MR) is 72.5 cm³/mol. The Kier molecular flexibility index (Phi) is 4.15. The zero-order valence-electron chi connectivity index (χ0n) is 10.8. The molecule has 17 heavy (non-hydrogen) atoms. The molecule has 0 amide bonds. The second-order valence-corrected chi connectivity index (χ2v) is 4.60. The molecular formula is C14H21N3. The van der Waals surface area contributed by atoms with Crippen molar-refractivity contribution in [3.8, 4) is 0 Å². The Bertz CT molecular complexity index is 362. The van der Waals surface area contributed by atoms with Crippen molar-refractivity contribution < 1.29 is 0 Å². The third kappa shape index (κ3) is 3.56. The summed E-state index contributed by atoms with van der Waals surface area (Å²) in [5.41, 5.74) is 2.56. The number of hydrogen-bond acceptors (Lipinski definition) is 3. The number of hydrogen-bond donors (Lipinski definition) is 0. The second-order valence-electron chi connectivity index (χ2n) is 4.60. The lowest BCUT2D eigenvalue weighted by atomic mass is 10.1. The number of nitrogens with zero attached hydrogens (tertiary/aromatic N) is 3. The van der Waals surface area contributed by atoms with Gasteiger partial charge in [0, 0.05) is 26.2 Å². The lowest BCUT2D eigenvalue weighted by Crippen LogP contribution is -2.41. The standard InChI is InChI=1S/C14H21N3/c1-3-13-4-6-14(7-5-13)12-15-17-10-8-16(2)9-11-17/h4-7,12H,3,8-11H2,1-2H3/b15-12+. The minimum atomic E-state index is 1.03. The van der Waals surface area contributed by atoms with Gasteiger partial charge in [0.2, 0.25) is 0 Å². The summed E-state index contributed by atoms with van der Waals surface area (Å²) in [7, 11) is 2.16. The van der Waals surface area contributed by atoms with Gasteiger partial charge in [-0.3, -0.25) is 5.01 Å². The largest absolute Gasteiger partial charge is 0.303 e. The number of aryl methyl sites for hydroxylation is 1. The van der Waals surface area contributed by atoms with Crippen LogP contribution in [0.25, 0.3) is 0 Å². The number of benzene rings is 1. The van der Waals surface area contributed by atoms with Crippen molar-refractivity contribution in [2.75, 3.05) is 33.2 Å². The van der Waals surface area contributed by atoms with Crippen LogP contribution in [-0.2, 0) is 6.42 Å². The Morgan fingerprint density at radius 1 is 1.12 bits per heavy atom. The fourth-order valence-electron chi connectivity index (χ4n) is 1.90. The van der Waals surface area contributed by atoms with Gasteiger partial charge in [-0.25, -0.2) is 0 Å². The van der Waals surface area contributed by atoms with Crippen LogP contribution in [0.2, 0.25) is 0 Å². The molecule has 1 aromatic carbocycles. The van der Waals surface area contributed by atoms with Crippen LogP contribution >= 0.6 is 0 Å². The van der Waals surface area contributed by atoms with Crippen LogP contribution in [0.15, 0.2) is 29.4 Å². The smallest absolute Gasteiger partial charge is 0.0542 e. The first-order valence-corrected chi connectivity index (χ1v) is 6.34. The van der Waals surface area contributed by atoms with Gasteiger partial charge in [0.05, 0.1) is 6.21 Å². The molecule has 1 fully saturated rings. The lowest BCUT2D eigenvalue weighted by molar-refractivity contribution is 0.159. The van der Waals surface area contributed by atoms with E-state index in [9.17, 15) is 0 Å². The van der Waals surface area contributed by atoms with Crippen LogP contribution in [0.5, 0.6) is 0 Å². The summed E-state index contributed by atoms with van der Waals surface area (Å²) in [4.78, 5) is 2.34. The third-order valence-electron chi connectivity index (χ3n) is 3.24. The fraction of sp³-hybridized carbons (Fsp3) is 0.500. The predicted octanol–water partition coefficient (Wildman–Crippen LogP) is 1.83.